The van der Waals surface area contributed by atoms with Crippen LogP contribution in [0.2, 0.25) is 0 Å². The number of amides is 1. The molecule has 28 heavy (non-hydrogen) atoms. The van der Waals surface area contributed by atoms with Gasteiger partial charge in [0.1, 0.15) is 5.82 Å². The molecule has 2 unspecified atom stereocenters. The Labute approximate surface area is 164 Å². The molecule has 0 saturated carbocycles. The number of carbonyl (C=O) groups excluding carboxylic acids is 1. The molecule has 0 aromatic heterocycles. The molecule has 0 radical (unpaired) electrons. The summed E-state index contributed by atoms with van der Waals surface area (Å²) in [6.45, 7) is 1.16. The van der Waals surface area contributed by atoms with Gasteiger partial charge in [0.15, 0.2) is 0 Å². The Hall–Kier alpha value is -2.25. The van der Waals surface area contributed by atoms with Crippen LogP contribution in [0.25, 0.3) is 0 Å². The zero-order chi connectivity index (χ0) is 19.7. The Balaban J connectivity index is 1.59. The van der Waals surface area contributed by atoms with Gasteiger partial charge in [-0.15, -0.1) is 0 Å². The number of nitrogens with zero attached hydrogens (tertiary/aromatic N) is 2. The fourth-order valence-corrected chi connectivity index (χ4v) is 5.75. The number of halogens is 1. The van der Waals surface area contributed by atoms with Crippen LogP contribution in [0.15, 0.2) is 59.5 Å². The molecule has 2 atom stereocenters. The van der Waals surface area contributed by atoms with Gasteiger partial charge in [0.05, 0.1) is 4.90 Å². The maximum absolute atomic E-state index is 13.2. The molecular formula is C21H23FN2O3S. The molecule has 2 aliphatic heterocycles. The van der Waals surface area contributed by atoms with Gasteiger partial charge in [0.2, 0.25) is 15.9 Å². The molecule has 148 valence electrons. The van der Waals surface area contributed by atoms with Crippen LogP contribution in [0, 0.1) is 11.7 Å². The van der Waals surface area contributed by atoms with Crippen molar-refractivity contribution in [2.45, 2.75) is 36.7 Å². The van der Waals surface area contributed by atoms with Gasteiger partial charge < -0.3 is 4.90 Å². The fraction of sp³-hybridized carbons (Fsp3) is 0.381. The van der Waals surface area contributed by atoms with Crippen molar-refractivity contribution in [2.75, 3.05) is 13.1 Å². The molecule has 7 heteroatoms. The van der Waals surface area contributed by atoms with E-state index < -0.39 is 15.8 Å². The second-order valence-corrected chi connectivity index (χ2v) is 9.44. The molecule has 2 fully saturated rings. The summed E-state index contributed by atoms with van der Waals surface area (Å²) >= 11 is 0. The molecule has 0 N–H and O–H groups in total. The van der Waals surface area contributed by atoms with E-state index in [0.717, 1.165) is 30.5 Å². The van der Waals surface area contributed by atoms with Crippen molar-refractivity contribution >= 4 is 15.9 Å². The minimum absolute atomic E-state index is 0.0809. The second kappa shape index (κ2) is 7.64. The summed E-state index contributed by atoms with van der Waals surface area (Å²) < 4.78 is 40.7. The molecule has 2 heterocycles. The Bertz CT molecular complexity index is 947. The van der Waals surface area contributed by atoms with Crippen molar-refractivity contribution in [3.63, 3.8) is 0 Å². The van der Waals surface area contributed by atoms with Crippen LogP contribution in [0.1, 0.15) is 24.8 Å². The molecule has 5 nitrogen and oxygen atoms in total. The average molecular weight is 402 g/mol. The number of fused-ring (bicyclic) bond motifs is 1. The summed E-state index contributed by atoms with van der Waals surface area (Å²) in [6.07, 6.45) is 2.11. The number of benzene rings is 2. The molecule has 0 aliphatic carbocycles. The summed E-state index contributed by atoms with van der Waals surface area (Å²) in [4.78, 5) is 14.7. The zero-order valence-corrected chi connectivity index (χ0v) is 16.3. The van der Waals surface area contributed by atoms with E-state index in [1.165, 1.54) is 16.4 Å². The van der Waals surface area contributed by atoms with E-state index in [1.807, 2.05) is 35.2 Å². The maximum atomic E-state index is 13.2. The smallest absolute Gasteiger partial charge is 0.243 e. The summed E-state index contributed by atoms with van der Waals surface area (Å²) in [5, 5.41) is 0. The van der Waals surface area contributed by atoms with Crippen LogP contribution in [0.5, 0.6) is 0 Å². The molecular weight excluding hydrogens is 379 g/mol. The average Bonchev–Trinajstić information content (AvgIpc) is 3.06. The number of likely N-dealkylation sites (tertiary alicyclic amines) is 1. The monoisotopic (exact) mass is 402 g/mol. The number of rotatable bonds is 4. The van der Waals surface area contributed by atoms with E-state index in [1.54, 1.807) is 0 Å². The highest BCUT2D eigenvalue weighted by Gasteiger charge is 2.44. The van der Waals surface area contributed by atoms with Gasteiger partial charge >= 0.3 is 0 Å². The minimum Gasteiger partial charge on any atom is -0.334 e. The van der Waals surface area contributed by atoms with Gasteiger partial charge in [-0.25, -0.2) is 12.8 Å². The lowest BCUT2D eigenvalue weighted by molar-refractivity contribution is -0.133. The van der Waals surface area contributed by atoms with Crippen molar-refractivity contribution in [1.82, 2.24) is 9.21 Å². The molecule has 2 aromatic rings. The highest BCUT2D eigenvalue weighted by molar-refractivity contribution is 7.89. The number of hydrogen-bond donors (Lipinski definition) is 0. The summed E-state index contributed by atoms with van der Waals surface area (Å²) in [7, 11) is -3.71. The Morgan fingerprint density at radius 2 is 1.71 bits per heavy atom. The maximum Gasteiger partial charge on any atom is 0.243 e. The van der Waals surface area contributed by atoms with Crippen molar-refractivity contribution in [2.24, 2.45) is 5.92 Å². The van der Waals surface area contributed by atoms with Crippen LogP contribution in [-0.2, 0) is 21.4 Å². The van der Waals surface area contributed by atoms with Crippen LogP contribution in [0.4, 0.5) is 4.39 Å². The van der Waals surface area contributed by atoms with Crippen molar-refractivity contribution in [3.8, 4) is 0 Å². The van der Waals surface area contributed by atoms with Gasteiger partial charge in [-0.3, -0.25) is 4.79 Å². The lowest BCUT2D eigenvalue weighted by atomic mass is 9.98. The molecule has 1 amide bonds. The van der Waals surface area contributed by atoms with E-state index in [4.69, 9.17) is 0 Å². The predicted octanol–water partition coefficient (Wildman–Crippen LogP) is 3.03. The van der Waals surface area contributed by atoms with E-state index in [9.17, 15) is 17.6 Å². The number of sulfonamides is 1. The first-order valence-corrected chi connectivity index (χ1v) is 11.0. The van der Waals surface area contributed by atoms with Gasteiger partial charge in [0.25, 0.3) is 0 Å². The van der Waals surface area contributed by atoms with Gasteiger partial charge in [-0.2, -0.15) is 4.31 Å². The third kappa shape index (κ3) is 3.69. The second-order valence-electron chi connectivity index (χ2n) is 7.50. The van der Waals surface area contributed by atoms with E-state index in [-0.39, 0.29) is 29.3 Å². The number of carbonyl (C=O) groups is 1. The molecule has 2 aliphatic rings. The normalized spacial score (nSPS) is 23.5. The molecule has 4 rings (SSSR count). The van der Waals surface area contributed by atoms with Crippen molar-refractivity contribution in [1.29, 1.82) is 0 Å². The fourth-order valence-electron chi connectivity index (χ4n) is 4.23. The largest absolute Gasteiger partial charge is 0.334 e. The first-order chi connectivity index (χ1) is 13.4. The van der Waals surface area contributed by atoms with Gasteiger partial charge in [0, 0.05) is 32.1 Å². The summed E-state index contributed by atoms with van der Waals surface area (Å²) in [6, 6.07) is 14.6. The van der Waals surface area contributed by atoms with Gasteiger partial charge in [-0.1, -0.05) is 30.3 Å². The third-order valence-corrected chi connectivity index (χ3v) is 7.55. The van der Waals surface area contributed by atoms with Crippen LogP contribution < -0.4 is 0 Å². The highest BCUT2D eigenvalue weighted by Crippen LogP contribution is 2.34. The van der Waals surface area contributed by atoms with Crippen LogP contribution in [0.3, 0.4) is 0 Å². The molecule has 2 saturated heterocycles. The quantitative estimate of drug-likeness (QED) is 0.790. The summed E-state index contributed by atoms with van der Waals surface area (Å²) in [5.41, 5.74) is 1.04. The van der Waals surface area contributed by atoms with Gasteiger partial charge in [-0.05, 0) is 48.6 Å². The highest BCUT2D eigenvalue weighted by atomic mass is 32.2. The van der Waals surface area contributed by atoms with Crippen molar-refractivity contribution in [3.05, 3.63) is 66.0 Å². The Morgan fingerprint density at radius 3 is 2.43 bits per heavy atom. The van der Waals surface area contributed by atoms with E-state index in [0.29, 0.717) is 19.5 Å². The van der Waals surface area contributed by atoms with E-state index in [2.05, 4.69) is 0 Å². The Morgan fingerprint density at radius 1 is 1.00 bits per heavy atom. The van der Waals surface area contributed by atoms with Crippen LogP contribution in [-0.4, -0.2) is 42.7 Å². The Kier molecular flexibility index (Phi) is 5.21. The molecule has 0 bridgehead atoms. The lowest BCUT2D eigenvalue weighted by Gasteiger charge is -2.30. The summed E-state index contributed by atoms with van der Waals surface area (Å²) in [5.74, 6) is -0.270. The zero-order valence-electron chi connectivity index (χ0n) is 15.5. The SMILES string of the molecule is O=C1CCCC2CN(S(=O)(=O)c3ccc(F)cc3)CC2N1Cc1ccccc1. The van der Waals surface area contributed by atoms with Crippen LogP contribution >= 0.6 is 0 Å². The molecule has 2 aromatic carbocycles. The van der Waals surface area contributed by atoms with E-state index >= 15 is 0 Å². The lowest BCUT2D eigenvalue weighted by Crippen LogP contribution is -2.43. The third-order valence-electron chi connectivity index (χ3n) is 5.71. The predicted molar refractivity (Wildman–Crippen MR) is 103 cm³/mol. The number of hydrogen-bond acceptors (Lipinski definition) is 3. The standard InChI is InChI=1S/C21H23FN2O3S/c22-18-9-11-19(12-10-18)28(26,27)23-14-17-7-4-8-21(25)24(20(17)15-23)13-16-5-2-1-3-6-16/h1-3,5-6,9-12,17,20H,4,7-8,13-15H2. The van der Waals surface area contributed by atoms with Crippen molar-refractivity contribution < 1.29 is 17.6 Å². The minimum atomic E-state index is -3.71. The topological polar surface area (TPSA) is 57.7 Å². The first-order valence-electron chi connectivity index (χ1n) is 9.54. The molecule has 0 spiro atoms. The first kappa shape index (κ1) is 19.1.